The molecule has 0 saturated carbocycles. The quantitative estimate of drug-likeness (QED) is 0.848. The molecule has 0 radical (unpaired) electrons. The number of carbonyl (C=O) groups is 1. The van der Waals surface area contributed by atoms with Gasteiger partial charge in [0.1, 0.15) is 0 Å². The zero-order valence-electron chi connectivity index (χ0n) is 11.1. The summed E-state index contributed by atoms with van der Waals surface area (Å²) in [4.78, 5) is 13.5. The zero-order chi connectivity index (χ0) is 14.9. The summed E-state index contributed by atoms with van der Waals surface area (Å²) in [6.07, 6.45) is 0.760. The van der Waals surface area contributed by atoms with Crippen molar-refractivity contribution in [3.05, 3.63) is 35.1 Å². The van der Waals surface area contributed by atoms with Gasteiger partial charge in [-0.2, -0.15) is 0 Å². The van der Waals surface area contributed by atoms with E-state index in [9.17, 15) is 23.1 Å². The van der Waals surface area contributed by atoms with E-state index in [1.165, 1.54) is 4.90 Å². The summed E-state index contributed by atoms with van der Waals surface area (Å²) in [5.41, 5.74) is -0.459. The molecule has 1 saturated heterocycles. The molecule has 1 unspecified atom stereocenters. The van der Waals surface area contributed by atoms with E-state index < -0.39 is 35.0 Å². The van der Waals surface area contributed by atoms with Gasteiger partial charge >= 0.3 is 0 Å². The first-order chi connectivity index (χ1) is 9.41. The number of rotatable bonds is 2. The third-order valence-electron chi connectivity index (χ3n) is 3.77. The van der Waals surface area contributed by atoms with Crippen molar-refractivity contribution in [1.82, 2.24) is 4.90 Å². The van der Waals surface area contributed by atoms with E-state index in [4.69, 9.17) is 0 Å². The van der Waals surface area contributed by atoms with Crippen LogP contribution < -0.4 is 0 Å². The van der Waals surface area contributed by atoms with Gasteiger partial charge in [0.2, 0.25) is 0 Å². The number of likely N-dealkylation sites (tertiary alicyclic amines) is 1. The SMILES string of the molecule is CC(O)C1CCN(C(=O)c2ccc(F)c(F)c2F)CC1. The van der Waals surface area contributed by atoms with Crippen LogP contribution in [0.5, 0.6) is 0 Å². The molecule has 20 heavy (non-hydrogen) atoms. The lowest BCUT2D eigenvalue weighted by atomic mass is 9.92. The summed E-state index contributed by atoms with van der Waals surface area (Å²) in [5, 5.41) is 9.48. The topological polar surface area (TPSA) is 40.5 Å². The van der Waals surface area contributed by atoms with Crippen LogP contribution >= 0.6 is 0 Å². The van der Waals surface area contributed by atoms with E-state index in [2.05, 4.69) is 0 Å². The molecule has 0 spiro atoms. The Balaban J connectivity index is 2.12. The van der Waals surface area contributed by atoms with Crippen LogP contribution in [-0.2, 0) is 0 Å². The van der Waals surface area contributed by atoms with Crippen LogP contribution in [0, 0.1) is 23.4 Å². The summed E-state index contributed by atoms with van der Waals surface area (Å²) in [6, 6.07) is 1.70. The van der Waals surface area contributed by atoms with E-state index in [1.54, 1.807) is 6.92 Å². The van der Waals surface area contributed by atoms with Crippen molar-refractivity contribution < 1.29 is 23.1 Å². The number of nitrogens with zero attached hydrogens (tertiary/aromatic N) is 1. The summed E-state index contributed by atoms with van der Waals surface area (Å²) >= 11 is 0. The summed E-state index contributed by atoms with van der Waals surface area (Å²) < 4.78 is 39.5. The lowest BCUT2D eigenvalue weighted by molar-refractivity contribution is 0.0517. The monoisotopic (exact) mass is 287 g/mol. The highest BCUT2D eigenvalue weighted by Gasteiger charge is 2.28. The standard InChI is InChI=1S/C14H16F3NO2/c1-8(19)9-4-6-18(7-5-9)14(20)10-2-3-11(15)13(17)12(10)16/h2-3,8-9,19H,4-7H2,1H3. The number of amides is 1. The predicted molar refractivity (Wildman–Crippen MR) is 66.6 cm³/mol. The lowest BCUT2D eigenvalue weighted by Crippen LogP contribution is -2.41. The normalized spacial score (nSPS) is 18.1. The van der Waals surface area contributed by atoms with Crippen LogP contribution in [-0.4, -0.2) is 35.1 Å². The van der Waals surface area contributed by atoms with Gasteiger partial charge in [-0.25, -0.2) is 13.2 Å². The number of hydrogen-bond donors (Lipinski definition) is 1. The molecule has 3 nitrogen and oxygen atoms in total. The average molecular weight is 287 g/mol. The zero-order valence-corrected chi connectivity index (χ0v) is 11.1. The summed E-state index contributed by atoms with van der Waals surface area (Å²) in [5.74, 6) is -4.94. The Morgan fingerprint density at radius 1 is 1.25 bits per heavy atom. The molecule has 110 valence electrons. The Hall–Kier alpha value is -1.56. The molecular formula is C14H16F3NO2. The summed E-state index contributed by atoms with van der Waals surface area (Å²) in [7, 11) is 0. The molecule has 1 heterocycles. The molecule has 1 aromatic rings. The minimum Gasteiger partial charge on any atom is -0.393 e. The van der Waals surface area contributed by atoms with Crippen molar-refractivity contribution in [3.63, 3.8) is 0 Å². The van der Waals surface area contributed by atoms with Crippen molar-refractivity contribution in [2.45, 2.75) is 25.9 Å². The molecule has 1 aliphatic rings. The largest absolute Gasteiger partial charge is 0.393 e. The van der Waals surface area contributed by atoms with Gasteiger partial charge in [-0.3, -0.25) is 4.79 Å². The second-order valence-electron chi connectivity index (χ2n) is 5.09. The second kappa shape index (κ2) is 5.83. The second-order valence-corrected chi connectivity index (χ2v) is 5.09. The predicted octanol–water partition coefficient (Wildman–Crippen LogP) is 2.34. The van der Waals surface area contributed by atoms with Gasteiger partial charge in [-0.15, -0.1) is 0 Å². The van der Waals surface area contributed by atoms with Gasteiger partial charge in [0.15, 0.2) is 17.5 Å². The Kier molecular flexibility index (Phi) is 4.32. The van der Waals surface area contributed by atoms with Crippen molar-refractivity contribution in [3.8, 4) is 0 Å². The van der Waals surface area contributed by atoms with Gasteiger partial charge in [0.05, 0.1) is 11.7 Å². The van der Waals surface area contributed by atoms with Crippen molar-refractivity contribution >= 4 is 5.91 Å². The van der Waals surface area contributed by atoms with Crippen LogP contribution in [0.15, 0.2) is 12.1 Å². The number of piperidine rings is 1. The highest BCUT2D eigenvalue weighted by Crippen LogP contribution is 2.23. The molecule has 0 aliphatic carbocycles. The van der Waals surface area contributed by atoms with Crippen LogP contribution in [0.1, 0.15) is 30.1 Å². The maximum Gasteiger partial charge on any atom is 0.256 e. The van der Waals surface area contributed by atoms with E-state index in [1.807, 2.05) is 0 Å². The minimum absolute atomic E-state index is 0.105. The maximum atomic E-state index is 13.6. The first-order valence-corrected chi connectivity index (χ1v) is 6.52. The highest BCUT2D eigenvalue weighted by atomic mass is 19.2. The molecule has 1 aliphatic heterocycles. The van der Waals surface area contributed by atoms with Crippen molar-refractivity contribution in [2.75, 3.05) is 13.1 Å². The fourth-order valence-electron chi connectivity index (χ4n) is 2.45. The maximum absolute atomic E-state index is 13.6. The Morgan fingerprint density at radius 2 is 1.85 bits per heavy atom. The third-order valence-corrected chi connectivity index (χ3v) is 3.77. The van der Waals surface area contributed by atoms with E-state index in [0.29, 0.717) is 25.9 Å². The first-order valence-electron chi connectivity index (χ1n) is 6.52. The molecule has 0 bridgehead atoms. The van der Waals surface area contributed by atoms with Crippen LogP contribution in [0.2, 0.25) is 0 Å². The molecular weight excluding hydrogens is 271 g/mol. The van der Waals surface area contributed by atoms with E-state index >= 15 is 0 Å². The van der Waals surface area contributed by atoms with Crippen LogP contribution in [0.3, 0.4) is 0 Å². The molecule has 1 fully saturated rings. The van der Waals surface area contributed by atoms with Crippen molar-refractivity contribution in [1.29, 1.82) is 0 Å². The fraction of sp³-hybridized carbons (Fsp3) is 0.500. The Labute approximate surface area is 115 Å². The number of benzene rings is 1. The Morgan fingerprint density at radius 3 is 2.40 bits per heavy atom. The smallest absolute Gasteiger partial charge is 0.256 e. The average Bonchev–Trinajstić information content (AvgIpc) is 2.44. The van der Waals surface area contributed by atoms with E-state index in [0.717, 1.165) is 12.1 Å². The number of halogens is 3. The minimum atomic E-state index is -1.63. The molecule has 1 aromatic carbocycles. The van der Waals surface area contributed by atoms with Gasteiger partial charge in [0.25, 0.3) is 5.91 Å². The molecule has 1 atom stereocenters. The molecule has 6 heteroatoms. The summed E-state index contributed by atoms with van der Waals surface area (Å²) in [6.45, 7) is 2.43. The number of aliphatic hydroxyl groups excluding tert-OH is 1. The number of hydrogen-bond acceptors (Lipinski definition) is 2. The van der Waals surface area contributed by atoms with E-state index in [-0.39, 0.29) is 5.92 Å². The Bertz CT molecular complexity index is 511. The van der Waals surface area contributed by atoms with Crippen molar-refractivity contribution in [2.24, 2.45) is 5.92 Å². The van der Waals surface area contributed by atoms with Crippen LogP contribution in [0.4, 0.5) is 13.2 Å². The highest BCUT2D eigenvalue weighted by molar-refractivity contribution is 5.94. The molecule has 0 aromatic heterocycles. The van der Waals surface area contributed by atoms with Crippen LogP contribution in [0.25, 0.3) is 0 Å². The molecule has 2 rings (SSSR count). The van der Waals surface area contributed by atoms with Gasteiger partial charge < -0.3 is 10.0 Å². The molecule has 1 N–H and O–H groups in total. The number of carbonyl (C=O) groups excluding carboxylic acids is 1. The van der Waals surface area contributed by atoms with Gasteiger partial charge in [0, 0.05) is 13.1 Å². The fourth-order valence-corrected chi connectivity index (χ4v) is 2.45. The van der Waals surface area contributed by atoms with Gasteiger partial charge in [-0.1, -0.05) is 0 Å². The number of aliphatic hydroxyl groups is 1. The third kappa shape index (κ3) is 2.80. The van der Waals surface area contributed by atoms with Gasteiger partial charge in [-0.05, 0) is 37.8 Å². The lowest BCUT2D eigenvalue weighted by Gasteiger charge is -2.33. The first kappa shape index (κ1) is 14.8. The molecule has 1 amide bonds.